The number of benzene rings is 1. The fraction of sp³-hybridized carbons (Fsp3) is 0.333. The molecule has 0 aliphatic carbocycles. The number of ether oxygens (including phenoxy) is 1. The van der Waals surface area contributed by atoms with Crippen LogP contribution in [0.15, 0.2) is 34.9 Å². The molecule has 0 aliphatic heterocycles. The zero-order chi connectivity index (χ0) is 17.1. The van der Waals surface area contributed by atoms with Gasteiger partial charge < -0.3 is 14.6 Å². The third-order valence-corrected chi connectivity index (χ3v) is 3.99. The van der Waals surface area contributed by atoms with Crippen molar-refractivity contribution < 1.29 is 9.26 Å². The second-order valence-corrected chi connectivity index (χ2v) is 5.84. The summed E-state index contributed by atoms with van der Waals surface area (Å²) in [6, 6.07) is 10.2. The molecule has 0 fully saturated rings. The fourth-order valence-corrected chi connectivity index (χ4v) is 2.71. The highest BCUT2D eigenvalue weighted by Gasteiger charge is 2.13. The predicted molar refractivity (Wildman–Crippen MR) is 91.7 cm³/mol. The maximum Gasteiger partial charge on any atom is 0.216 e. The van der Waals surface area contributed by atoms with Crippen molar-refractivity contribution in [2.75, 3.05) is 7.11 Å². The van der Waals surface area contributed by atoms with E-state index in [1.165, 1.54) is 5.56 Å². The third kappa shape index (κ3) is 3.33. The lowest BCUT2D eigenvalue weighted by Gasteiger charge is -2.05. The van der Waals surface area contributed by atoms with Crippen LogP contribution in [0.3, 0.4) is 0 Å². The first-order chi connectivity index (χ1) is 11.6. The zero-order valence-corrected chi connectivity index (χ0v) is 14.5. The zero-order valence-electron chi connectivity index (χ0n) is 14.5. The molecule has 0 saturated carbocycles. The lowest BCUT2D eigenvalue weighted by Crippen LogP contribution is -2.13. The Labute approximate surface area is 141 Å². The van der Waals surface area contributed by atoms with Gasteiger partial charge in [0.25, 0.3) is 0 Å². The first-order valence-corrected chi connectivity index (χ1v) is 7.88. The third-order valence-electron chi connectivity index (χ3n) is 3.99. The molecule has 0 aliphatic rings. The largest absolute Gasteiger partial charge is 0.481 e. The Bertz CT molecular complexity index is 818. The van der Waals surface area contributed by atoms with Crippen LogP contribution in [0.5, 0.6) is 5.88 Å². The molecule has 3 aromatic rings. The summed E-state index contributed by atoms with van der Waals surface area (Å²) < 4.78 is 12.6. The van der Waals surface area contributed by atoms with E-state index in [0.29, 0.717) is 13.1 Å². The number of aromatic nitrogens is 3. The van der Waals surface area contributed by atoms with Crippen LogP contribution < -0.4 is 10.1 Å². The summed E-state index contributed by atoms with van der Waals surface area (Å²) in [5.74, 6) is 1.57. The summed E-state index contributed by atoms with van der Waals surface area (Å²) in [7, 11) is 3.53. The Kier molecular flexibility index (Phi) is 4.66. The maximum atomic E-state index is 5.41. The minimum Gasteiger partial charge on any atom is -0.481 e. The summed E-state index contributed by atoms with van der Waals surface area (Å²) in [6.45, 7) is 5.29. The van der Waals surface area contributed by atoms with Crippen molar-refractivity contribution in [3.63, 3.8) is 0 Å². The average molecular weight is 326 g/mol. The van der Waals surface area contributed by atoms with Crippen molar-refractivity contribution in [1.82, 2.24) is 20.3 Å². The van der Waals surface area contributed by atoms with E-state index >= 15 is 0 Å². The van der Waals surface area contributed by atoms with E-state index in [1.54, 1.807) is 11.8 Å². The molecule has 0 radical (unpaired) electrons. The second-order valence-electron chi connectivity index (χ2n) is 5.84. The molecule has 0 spiro atoms. The molecule has 6 nitrogen and oxygen atoms in total. The van der Waals surface area contributed by atoms with E-state index in [9.17, 15) is 0 Å². The Morgan fingerprint density at radius 3 is 2.62 bits per heavy atom. The molecule has 24 heavy (non-hydrogen) atoms. The van der Waals surface area contributed by atoms with Gasteiger partial charge in [-0.05, 0) is 13.8 Å². The fourth-order valence-electron chi connectivity index (χ4n) is 2.71. The van der Waals surface area contributed by atoms with E-state index in [-0.39, 0.29) is 0 Å². The van der Waals surface area contributed by atoms with E-state index < -0.39 is 0 Å². The molecule has 126 valence electrons. The van der Waals surface area contributed by atoms with Crippen molar-refractivity contribution in [3.8, 4) is 17.1 Å². The van der Waals surface area contributed by atoms with Gasteiger partial charge in [0.05, 0.1) is 24.9 Å². The number of hydrogen-bond donors (Lipinski definition) is 1. The van der Waals surface area contributed by atoms with Crippen molar-refractivity contribution in [3.05, 3.63) is 52.9 Å². The van der Waals surface area contributed by atoms with Gasteiger partial charge in [0, 0.05) is 25.2 Å². The number of hydrogen-bond acceptors (Lipinski definition) is 5. The van der Waals surface area contributed by atoms with Gasteiger partial charge in [-0.15, -0.1) is 0 Å². The summed E-state index contributed by atoms with van der Waals surface area (Å²) in [5.41, 5.74) is 5.14. The lowest BCUT2D eigenvalue weighted by atomic mass is 10.1. The normalized spacial score (nSPS) is 11.0. The molecule has 1 N–H and O–H groups in total. The highest BCUT2D eigenvalue weighted by molar-refractivity contribution is 5.59. The quantitative estimate of drug-likeness (QED) is 0.754. The average Bonchev–Trinajstić information content (AvgIpc) is 3.13. The van der Waals surface area contributed by atoms with Crippen LogP contribution in [0.4, 0.5) is 0 Å². The number of rotatable bonds is 6. The molecule has 6 heteroatoms. The molecule has 2 aromatic heterocycles. The molecule has 0 unspecified atom stereocenters. The lowest BCUT2D eigenvalue weighted by molar-refractivity contribution is 0.362. The summed E-state index contributed by atoms with van der Waals surface area (Å²) in [4.78, 5) is 0. The summed E-state index contributed by atoms with van der Waals surface area (Å²) in [6.07, 6.45) is 0. The highest BCUT2D eigenvalue weighted by Crippen LogP contribution is 2.22. The van der Waals surface area contributed by atoms with Crippen molar-refractivity contribution in [2.24, 2.45) is 7.05 Å². The smallest absolute Gasteiger partial charge is 0.216 e. The maximum absolute atomic E-state index is 5.41. The van der Waals surface area contributed by atoms with Gasteiger partial charge in [0.15, 0.2) is 5.76 Å². The van der Waals surface area contributed by atoms with Crippen molar-refractivity contribution in [1.29, 1.82) is 0 Å². The van der Waals surface area contributed by atoms with Gasteiger partial charge >= 0.3 is 0 Å². The van der Waals surface area contributed by atoms with Gasteiger partial charge in [0.1, 0.15) is 5.69 Å². The molecule has 3 rings (SSSR count). The SMILES string of the molecule is COc1c(CNCc2cc(-c3ccc(C)cc3)no2)c(C)nn1C. The molecular weight excluding hydrogens is 304 g/mol. The molecule has 0 bridgehead atoms. The summed E-state index contributed by atoms with van der Waals surface area (Å²) >= 11 is 0. The molecule has 0 atom stereocenters. The van der Waals surface area contributed by atoms with Gasteiger partial charge in [0.2, 0.25) is 5.88 Å². The Morgan fingerprint density at radius 2 is 1.92 bits per heavy atom. The van der Waals surface area contributed by atoms with Crippen LogP contribution in [0.25, 0.3) is 11.3 Å². The number of nitrogens with one attached hydrogen (secondary N) is 1. The van der Waals surface area contributed by atoms with Crippen molar-refractivity contribution >= 4 is 0 Å². The molecule has 0 saturated heterocycles. The van der Waals surface area contributed by atoms with Gasteiger partial charge in [-0.3, -0.25) is 0 Å². The van der Waals surface area contributed by atoms with E-state index in [1.807, 2.05) is 32.2 Å². The van der Waals surface area contributed by atoms with Crippen LogP contribution in [0.1, 0.15) is 22.6 Å². The monoisotopic (exact) mass is 326 g/mol. The number of methoxy groups -OCH3 is 1. The Morgan fingerprint density at radius 1 is 1.17 bits per heavy atom. The van der Waals surface area contributed by atoms with Gasteiger partial charge in [-0.1, -0.05) is 35.0 Å². The van der Waals surface area contributed by atoms with Crippen molar-refractivity contribution in [2.45, 2.75) is 26.9 Å². The first-order valence-electron chi connectivity index (χ1n) is 7.88. The van der Waals surface area contributed by atoms with Crippen LogP contribution in [-0.4, -0.2) is 22.0 Å². The predicted octanol–water partition coefficient (Wildman–Crippen LogP) is 2.99. The number of nitrogens with zero attached hydrogens (tertiary/aromatic N) is 3. The Hall–Kier alpha value is -2.60. The van der Waals surface area contributed by atoms with Crippen LogP contribution in [0, 0.1) is 13.8 Å². The molecule has 0 amide bonds. The highest BCUT2D eigenvalue weighted by atomic mass is 16.5. The number of aryl methyl sites for hydroxylation is 3. The Balaban J connectivity index is 1.63. The molecular formula is C18H22N4O2. The first kappa shape index (κ1) is 16.3. The van der Waals surface area contributed by atoms with E-state index in [2.05, 4.69) is 34.6 Å². The molecule has 1 aromatic carbocycles. The van der Waals surface area contributed by atoms with Crippen LogP contribution >= 0.6 is 0 Å². The van der Waals surface area contributed by atoms with Gasteiger partial charge in [-0.25, -0.2) is 4.68 Å². The van der Waals surface area contributed by atoms with Crippen LogP contribution in [-0.2, 0) is 20.1 Å². The summed E-state index contributed by atoms with van der Waals surface area (Å²) in [5, 5.41) is 11.9. The van der Waals surface area contributed by atoms with E-state index in [0.717, 1.165) is 34.2 Å². The van der Waals surface area contributed by atoms with E-state index in [4.69, 9.17) is 9.26 Å². The van der Waals surface area contributed by atoms with Gasteiger partial charge in [-0.2, -0.15) is 5.10 Å². The topological polar surface area (TPSA) is 65.1 Å². The minimum atomic E-state index is 0.594. The minimum absolute atomic E-state index is 0.594. The second kappa shape index (κ2) is 6.88. The standard InChI is InChI=1S/C18H22N4O2/c1-12-5-7-14(8-6-12)17-9-15(24-21-17)10-19-11-16-13(2)20-22(3)18(16)23-4/h5-9,19H,10-11H2,1-4H3. The van der Waals surface area contributed by atoms with Crippen LogP contribution in [0.2, 0.25) is 0 Å². The molecule has 2 heterocycles.